The van der Waals surface area contributed by atoms with Crippen molar-refractivity contribution in [1.29, 1.82) is 5.26 Å². The maximum absolute atomic E-state index is 11.8. The lowest BCUT2D eigenvalue weighted by Crippen LogP contribution is -2.13. The van der Waals surface area contributed by atoms with Crippen LogP contribution < -0.4 is 0 Å². The van der Waals surface area contributed by atoms with Crippen LogP contribution in [0.15, 0.2) is 36.7 Å². The van der Waals surface area contributed by atoms with Crippen molar-refractivity contribution in [3.05, 3.63) is 47.8 Å². The molecule has 1 nitrogen and oxygen atoms in total. The summed E-state index contributed by atoms with van der Waals surface area (Å²) in [4.78, 5) is 0. The van der Waals surface area contributed by atoms with Crippen LogP contribution in [-0.2, 0) is 0 Å². The summed E-state index contributed by atoms with van der Waals surface area (Å²) in [6.45, 7) is 0. The molecule has 0 heterocycles. The van der Waals surface area contributed by atoms with Crippen LogP contribution in [0.2, 0.25) is 0 Å². The van der Waals surface area contributed by atoms with Crippen molar-refractivity contribution in [3.63, 3.8) is 0 Å². The molecule has 0 radical (unpaired) electrons. The summed E-state index contributed by atoms with van der Waals surface area (Å²) in [5, 5.41) is 8.84. The molecule has 1 fully saturated rings. The van der Waals surface area contributed by atoms with Gasteiger partial charge in [-0.2, -0.15) is 5.26 Å². The number of halogens is 1. The molecule has 0 N–H and O–H groups in total. The molecule has 0 bridgehead atoms. The Hall–Kier alpha value is -1.62. The number of allylic oxidation sites excluding steroid dienone is 1. The van der Waals surface area contributed by atoms with E-state index < -0.39 is 0 Å². The van der Waals surface area contributed by atoms with Crippen LogP contribution in [0, 0.1) is 17.2 Å². The molecular formula is C19H24FN. The van der Waals surface area contributed by atoms with Crippen LogP contribution >= 0.6 is 0 Å². The number of nitriles is 1. The second kappa shape index (κ2) is 8.62. The van der Waals surface area contributed by atoms with Gasteiger partial charge in [-0.15, -0.1) is 0 Å². The fourth-order valence-electron chi connectivity index (χ4n) is 3.37. The van der Waals surface area contributed by atoms with Gasteiger partial charge in [-0.3, -0.25) is 0 Å². The quantitative estimate of drug-likeness (QED) is 0.599. The zero-order chi connectivity index (χ0) is 14.9. The Labute approximate surface area is 127 Å². The molecule has 0 saturated heterocycles. The van der Waals surface area contributed by atoms with E-state index in [4.69, 9.17) is 5.26 Å². The number of nitrogens with zero attached hydrogens (tertiary/aromatic N) is 1. The van der Waals surface area contributed by atoms with E-state index >= 15 is 0 Å². The lowest BCUT2D eigenvalue weighted by Gasteiger charge is -2.28. The van der Waals surface area contributed by atoms with E-state index in [-0.39, 0.29) is 0 Å². The molecule has 1 aromatic carbocycles. The van der Waals surface area contributed by atoms with E-state index in [9.17, 15) is 4.39 Å². The normalized spacial score (nSPS) is 22.3. The number of hydrogen-bond donors (Lipinski definition) is 0. The fourth-order valence-corrected chi connectivity index (χ4v) is 3.37. The Morgan fingerprint density at radius 3 is 2.43 bits per heavy atom. The molecule has 1 aliphatic carbocycles. The first kappa shape index (κ1) is 15.8. The lowest BCUT2D eigenvalue weighted by molar-refractivity contribution is 0.303. The van der Waals surface area contributed by atoms with Gasteiger partial charge in [-0.25, -0.2) is 4.39 Å². The Bertz CT molecular complexity index is 475. The topological polar surface area (TPSA) is 23.8 Å². The summed E-state index contributed by atoms with van der Waals surface area (Å²) >= 11 is 0. The van der Waals surface area contributed by atoms with E-state index in [1.54, 1.807) is 6.08 Å². The highest BCUT2D eigenvalue weighted by Crippen LogP contribution is 2.37. The van der Waals surface area contributed by atoms with Gasteiger partial charge in [0.2, 0.25) is 0 Å². The molecule has 112 valence electrons. The number of hydrogen-bond acceptors (Lipinski definition) is 1. The first-order valence-electron chi connectivity index (χ1n) is 8.08. The van der Waals surface area contributed by atoms with Gasteiger partial charge in [0.05, 0.1) is 18.0 Å². The highest BCUT2D eigenvalue weighted by Gasteiger charge is 2.21. The largest absolute Gasteiger partial charge is 0.216 e. The third-order valence-corrected chi connectivity index (χ3v) is 4.68. The predicted molar refractivity (Wildman–Crippen MR) is 84.6 cm³/mol. The van der Waals surface area contributed by atoms with E-state index in [1.165, 1.54) is 44.1 Å². The van der Waals surface area contributed by atoms with Gasteiger partial charge in [0.15, 0.2) is 0 Å². The highest BCUT2D eigenvalue weighted by molar-refractivity contribution is 5.33. The molecule has 1 aromatic rings. The van der Waals surface area contributed by atoms with E-state index in [2.05, 4.69) is 18.2 Å². The summed E-state index contributed by atoms with van der Waals surface area (Å²) in [6, 6.07) is 10.3. The van der Waals surface area contributed by atoms with Gasteiger partial charge in [-0.05, 0) is 68.1 Å². The van der Waals surface area contributed by atoms with Gasteiger partial charge in [-0.1, -0.05) is 31.1 Å². The molecule has 0 spiro atoms. The lowest BCUT2D eigenvalue weighted by atomic mass is 9.77. The predicted octanol–water partition coefficient (Wildman–Crippen LogP) is 5.88. The SMILES string of the molecule is N#Cc1ccc([C@H]2CC[C@H](CCCCC=CF)CC2)cc1. The standard InChI is InChI=1S/C19H24FN/c20-14-4-2-1-3-5-16-6-10-18(11-7-16)19-12-8-17(15-21)9-13-19/h4,8-9,12-14,16,18H,1-3,5-7,10-11H2/t16-,18-. The minimum absolute atomic E-state index is 0.656. The first-order chi connectivity index (χ1) is 10.3. The minimum atomic E-state index is 0.656. The maximum Gasteiger partial charge on any atom is 0.0991 e. The van der Waals surface area contributed by atoms with Crippen LogP contribution in [0.25, 0.3) is 0 Å². The van der Waals surface area contributed by atoms with Crippen molar-refractivity contribution in [3.8, 4) is 6.07 Å². The Kier molecular flexibility index (Phi) is 6.47. The molecule has 1 saturated carbocycles. The van der Waals surface area contributed by atoms with Gasteiger partial charge < -0.3 is 0 Å². The Morgan fingerprint density at radius 2 is 1.81 bits per heavy atom. The van der Waals surface area contributed by atoms with Crippen LogP contribution in [-0.4, -0.2) is 0 Å². The molecule has 0 atom stereocenters. The molecule has 0 aliphatic heterocycles. The van der Waals surface area contributed by atoms with Crippen LogP contribution in [0.4, 0.5) is 4.39 Å². The summed E-state index contributed by atoms with van der Waals surface area (Å²) in [6.07, 6.45) is 11.9. The van der Waals surface area contributed by atoms with Crippen molar-refractivity contribution >= 4 is 0 Å². The highest BCUT2D eigenvalue weighted by atomic mass is 19.1. The third-order valence-electron chi connectivity index (χ3n) is 4.68. The average molecular weight is 285 g/mol. The maximum atomic E-state index is 11.8. The molecule has 2 rings (SSSR count). The van der Waals surface area contributed by atoms with Crippen molar-refractivity contribution in [1.82, 2.24) is 0 Å². The van der Waals surface area contributed by atoms with Gasteiger partial charge in [0.25, 0.3) is 0 Å². The Balaban J connectivity index is 1.71. The summed E-state index contributed by atoms with van der Waals surface area (Å²) in [7, 11) is 0. The van der Waals surface area contributed by atoms with Crippen molar-refractivity contribution in [2.24, 2.45) is 5.92 Å². The molecule has 0 aromatic heterocycles. The Morgan fingerprint density at radius 1 is 1.10 bits per heavy atom. The van der Waals surface area contributed by atoms with Crippen molar-refractivity contribution in [2.45, 2.75) is 57.3 Å². The van der Waals surface area contributed by atoms with Crippen LogP contribution in [0.5, 0.6) is 0 Å². The second-order valence-corrected chi connectivity index (χ2v) is 6.10. The summed E-state index contributed by atoms with van der Waals surface area (Å²) in [5.74, 6) is 1.53. The van der Waals surface area contributed by atoms with E-state index in [0.717, 1.165) is 24.3 Å². The molecule has 2 heteroatoms. The summed E-state index contributed by atoms with van der Waals surface area (Å²) in [5.41, 5.74) is 2.13. The molecule has 1 aliphatic rings. The fraction of sp³-hybridized carbons (Fsp3) is 0.526. The smallest absolute Gasteiger partial charge is 0.0991 e. The minimum Gasteiger partial charge on any atom is -0.216 e. The van der Waals surface area contributed by atoms with Crippen LogP contribution in [0.1, 0.15) is 68.4 Å². The van der Waals surface area contributed by atoms with Crippen molar-refractivity contribution in [2.75, 3.05) is 0 Å². The van der Waals surface area contributed by atoms with Gasteiger partial charge >= 0.3 is 0 Å². The third kappa shape index (κ3) is 5.01. The molecule has 0 unspecified atom stereocenters. The molecular weight excluding hydrogens is 261 g/mol. The number of unbranched alkanes of at least 4 members (excludes halogenated alkanes) is 2. The zero-order valence-corrected chi connectivity index (χ0v) is 12.6. The summed E-state index contributed by atoms with van der Waals surface area (Å²) < 4.78 is 11.8. The average Bonchev–Trinajstić information content (AvgIpc) is 2.55. The van der Waals surface area contributed by atoms with E-state index in [1.807, 2.05) is 12.1 Å². The monoisotopic (exact) mass is 285 g/mol. The number of rotatable bonds is 6. The van der Waals surface area contributed by atoms with Crippen LogP contribution in [0.3, 0.4) is 0 Å². The van der Waals surface area contributed by atoms with E-state index in [0.29, 0.717) is 12.2 Å². The molecule has 21 heavy (non-hydrogen) atoms. The van der Waals surface area contributed by atoms with Crippen molar-refractivity contribution < 1.29 is 4.39 Å². The second-order valence-electron chi connectivity index (χ2n) is 6.10. The van der Waals surface area contributed by atoms with Gasteiger partial charge in [0.1, 0.15) is 0 Å². The zero-order valence-electron chi connectivity index (χ0n) is 12.6. The first-order valence-corrected chi connectivity index (χ1v) is 8.08. The number of benzene rings is 1. The molecule has 0 amide bonds. The van der Waals surface area contributed by atoms with Gasteiger partial charge in [0, 0.05) is 0 Å².